The Bertz CT molecular complexity index is 741. The van der Waals surface area contributed by atoms with Gasteiger partial charge in [-0.05, 0) is 31.3 Å². The second kappa shape index (κ2) is 3.78. The zero-order valence-corrected chi connectivity index (χ0v) is 10.0. The zero-order chi connectivity index (χ0) is 11.8. The van der Waals surface area contributed by atoms with Gasteiger partial charge in [-0.25, -0.2) is 0 Å². The maximum Gasteiger partial charge on any atom is 0.213 e. The van der Waals surface area contributed by atoms with E-state index in [2.05, 4.69) is 26.2 Å². The molecule has 1 aromatic carbocycles. The van der Waals surface area contributed by atoms with E-state index in [0.29, 0.717) is 4.77 Å². The molecule has 2 aromatic heterocycles. The normalized spacial score (nSPS) is 10.9. The predicted molar refractivity (Wildman–Crippen MR) is 69.2 cm³/mol. The smallest absolute Gasteiger partial charge is 0.213 e. The van der Waals surface area contributed by atoms with Gasteiger partial charge in [0.25, 0.3) is 0 Å². The number of aryl methyl sites for hydroxylation is 1. The van der Waals surface area contributed by atoms with Gasteiger partial charge < -0.3 is 0 Å². The first-order chi connectivity index (χ1) is 8.24. The van der Waals surface area contributed by atoms with Crippen molar-refractivity contribution in [2.75, 3.05) is 0 Å². The Morgan fingerprint density at radius 3 is 2.71 bits per heavy atom. The van der Waals surface area contributed by atoms with Crippen molar-refractivity contribution in [1.29, 1.82) is 0 Å². The number of hydrogen-bond donors (Lipinski definition) is 2. The summed E-state index contributed by atoms with van der Waals surface area (Å²) >= 11 is 4.96. The molecule has 0 aliphatic heterocycles. The molecule has 0 aliphatic rings. The van der Waals surface area contributed by atoms with Crippen molar-refractivity contribution in [1.82, 2.24) is 20.2 Å². The molecule has 0 aliphatic carbocycles. The molecular formula is C12H10N4S. The molecule has 0 atom stereocenters. The lowest BCUT2D eigenvalue weighted by Gasteiger charge is -2.03. The van der Waals surface area contributed by atoms with Gasteiger partial charge in [0.2, 0.25) is 4.77 Å². The molecule has 4 nitrogen and oxygen atoms in total. The molecule has 0 radical (unpaired) electrons. The van der Waals surface area contributed by atoms with Crippen LogP contribution in [-0.4, -0.2) is 20.2 Å². The third-order valence-corrected chi connectivity index (χ3v) is 2.82. The van der Waals surface area contributed by atoms with Crippen LogP contribution in [0.1, 0.15) is 5.69 Å². The van der Waals surface area contributed by atoms with E-state index in [4.69, 9.17) is 12.2 Å². The highest BCUT2D eigenvalue weighted by Crippen LogP contribution is 2.24. The number of nitrogens with one attached hydrogen (secondary N) is 2. The summed E-state index contributed by atoms with van der Waals surface area (Å²) in [6.45, 7) is 1.98. The van der Waals surface area contributed by atoms with E-state index in [1.807, 2.05) is 31.2 Å². The van der Waals surface area contributed by atoms with Gasteiger partial charge in [-0.1, -0.05) is 18.2 Å². The number of benzene rings is 1. The van der Waals surface area contributed by atoms with Crippen LogP contribution in [0.2, 0.25) is 0 Å². The van der Waals surface area contributed by atoms with Crippen molar-refractivity contribution in [2.45, 2.75) is 6.92 Å². The number of rotatable bonds is 1. The SMILES string of the molecule is Cc1ccc2c(-c3nc(=S)[nH][nH]3)cccc2n1. The van der Waals surface area contributed by atoms with Gasteiger partial charge >= 0.3 is 0 Å². The van der Waals surface area contributed by atoms with E-state index in [9.17, 15) is 0 Å². The second-order valence-electron chi connectivity index (χ2n) is 3.84. The Kier molecular flexibility index (Phi) is 2.26. The van der Waals surface area contributed by atoms with E-state index in [1.165, 1.54) is 0 Å². The molecule has 84 valence electrons. The molecule has 0 unspecified atom stereocenters. The molecule has 3 rings (SSSR count). The summed E-state index contributed by atoms with van der Waals surface area (Å²) < 4.78 is 0.456. The lowest BCUT2D eigenvalue weighted by Crippen LogP contribution is -1.87. The summed E-state index contributed by atoms with van der Waals surface area (Å²) in [5, 5.41) is 6.83. The van der Waals surface area contributed by atoms with Crippen molar-refractivity contribution in [2.24, 2.45) is 0 Å². The molecule has 17 heavy (non-hydrogen) atoms. The highest BCUT2D eigenvalue weighted by molar-refractivity contribution is 7.71. The molecule has 0 amide bonds. The van der Waals surface area contributed by atoms with Gasteiger partial charge in [0.15, 0.2) is 5.82 Å². The predicted octanol–water partition coefficient (Wildman–Crippen LogP) is 2.99. The minimum Gasteiger partial charge on any atom is -0.282 e. The van der Waals surface area contributed by atoms with Gasteiger partial charge in [-0.3, -0.25) is 15.2 Å². The number of aromatic amines is 2. The first-order valence-corrected chi connectivity index (χ1v) is 5.66. The zero-order valence-electron chi connectivity index (χ0n) is 9.19. The number of hydrogen-bond acceptors (Lipinski definition) is 3. The van der Waals surface area contributed by atoms with Crippen LogP contribution in [0.3, 0.4) is 0 Å². The summed E-state index contributed by atoms with van der Waals surface area (Å²) in [4.78, 5) is 8.72. The fourth-order valence-electron chi connectivity index (χ4n) is 1.86. The van der Waals surface area contributed by atoms with Crippen molar-refractivity contribution < 1.29 is 0 Å². The number of aromatic nitrogens is 4. The maximum atomic E-state index is 4.96. The van der Waals surface area contributed by atoms with Crippen LogP contribution in [0.25, 0.3) is 22.3 Å². The van der Waals surface area contributed by atoms with E-state index in [1.54, 1.807) is 0 Å². The summed E-state index contributed by atoms with van der Waals surface area (Å²) in [5.74, 6) is 0.742. The second-order valence-corrected chi connectivity index (χ2v) is 4.23. The maximum absolute atomic E-state index is 4.96. The highest BCUT2D eigenvalue weighted by Gasteiger charge is 2.06. The summed E-state index contributed by atoms with van der Waals surface area (Å²) in [6, 6.07) is 10.0. The van der Waals surface area contributed by atoms with Gasteiger partial charge in [-0.2, -0.15) is 4.98 Å². The monoisotopic (exact) mass is 242 g/mol. The number of fused-ring (bicyclic) bond motifs is 1. The molecule has 0 bridgehead atoms. The molecule has 2 N–H and O–H groups in total. The first-order valence-electron chi connectivity index (χ1n) is 5.25. The lowest BCUT2D eigenvalue weighted by molar-refractivity contribution is 1.08. The minimum atomic E-state index is 0.456. The van der Waals surface area contributed by atoms with Crippen molar-refractivity contribution >= 4 is 23.1 Å². The molecule has 5 heteroatoms. The van der Waals surface area contributed by atoms with Crippen molar-refractivity contribution in [3.63, 3.8) is 0 Å². The number of pyridine rings is 1. The van der Waals surface area contributed by atoms with Crippen LogP contribution in [-0.2, 0) is 0 Å². The standard InChI is InChI=1S/C12H10N4S/c1-7-5-6-8-9(3-2-4-10(8)13-7)11-14-12(17)16-15-11/h2-6H,1H3,(H2,14,15,16,17). The number of H-pyrrole nitrogens is 2. The van der Waals surface area contributed by atoms with E-state index in [-0.39, 0.29) is 0 Å². The molecule has 0 saturated heterocycles. The average Bonchev–Trinajstić information content (AvgIpc) is 2.74. The van der Waals surface area contributed by atoms with Crippen LogP contribution in [0.5, 0.6) is 0 Å². The third-order valence-electron chi connectivity index (χ3n) is 2.63. The quantitative estimate of drug-likeness (QED) is 0.645. The van der Waals surface area contributed by atoms with Crippen molar-refractivity contribution in [3.8, 4) is 11.4 Å². The molecular weight excluding hydrogens is 232 g/mol. The largest absolute Gasteiger partial charge is 0.282 e. The Morgan fingerprint density at radius 2 is 1.94 bits per heavy atom. The first kappa shape index (κ1) is 10.2. The van der Waals surface area contributed by atoms with Crippen LogP contribution < -0.4 is 0 Å². The fraction of sp³-hybridized carbons (Fsp3) is 0.0833. The summed E-state index contributed by atoms with van der Waals surface area (Å²) in [6.07, 6.45) is 0. The van der Waals surface area contributed by atoms with E-state index < -0.39 is 0 Å². The van der Waals surface area contributed by atoms with Gasteiger partial charge in [0, 0.05) is 16.6 Å². The Labute approximate surface area is 103 Å². The molecule has 0 spiro atoms. The fourth-order valence-corrected chi connectivity index (χ4v) is 2.00. The third kappa shape index (κ3) is 1.74. The Morgan fingerprint density at radius 1 is 1.06 bits per heavy atom. The van der Waals surface area contributed by atoms with Crippen LogP contribution >= 0.6 is 12.2 Å². The van der Waals surface area contributed by atoms with Gasteiger partial charge in [-0.15, -0.1) is 0 Å². The summed E-state index contributed by atoms with van der Waals surface area (Å²) in [7, 11) is 0. The lowest BCUT2D eigenvalue weighted by atomic mass is 10.1. The van der Waals surface area contributed by atoms with Crippen LogP contribution in [0.15, 0.2) is 30.3 Å². The van der Waals surface area contributed by atoms with Gasteiger partial charge in [0.05, 0.1) is 5.52 Å². The summed E-state index contributed by atoms with van der Waals surface area (Å²) in [5.41, 5.74) is 2.97. The van der Waals surface area contributed by atoms with Crippen molar-refractivity contribution in [3.05, 3.63) is 40.8 Å². The van der Waals surface area contributed by atoms with E-state index >= 15 is 0 Å². The Balaban J connectivity index is 2.33. The minimum absolute atomic E-state index is 0.456. The average molecular weight is 242 g/mol. The Hall–Kier alpha value is -2.01. The topological polar surface area (TPSA) is 57.4 Å². The molecule has 0 saturated carbocycles. The molecule has 0 fully saturated rings. The van der Waals surface area contributed by atoms with Crippen LogP contribution in [0.4, 0.5) is 0 Å². The molecule has 3 aromatic rings. The van der Waals surface area contributed by atoms with E-state index in [0.717, 1.165) is 28.0 Å². The van der Waals surface area contributed by atoms with Gasteiger partial charge in [0.1, 0.15) is 0 Å². The molecule has 2 heterocycles. The number of nitrogens with zero attached hydrogens (tertiary/aromatic N) is 2. The highest BCUT2D eigenvalue weighted by atomic mass is 32.1. The van der Waals surface area contributed by atoms with Crippen LogP contribution in [0, 0.1) is 11.7 Å².